The highest BCUT2D eigenvalue weighted by Gasteiger charge is 2.42. The summed E-state index contributed by atoms with van der Waals surface area (Å²) < 4.78 is 1.47. The number of amides is 2. The Morgan fingerprint density at radius 3 is 2.63 bits per heavy atom. The Morgan fingerprint density at radius 1 is 1.41 bits per heavy atom. The zero-order chi connectivity index (χ0) is 20.0. The van der Waals surface area contributed by atoms with E-state index in [1.54, 1.807) is 24.1 Å². The molecule has 9 heteroatoms. The first-order valence-electron chi connectivity index (χ1n) is 9.07. The number of carbonyl (C=O) groups is 3. The van der Waals surface area contributed by atoms with Gasteiger partial charge in [-0.3, -0.25) is 14.4 Å². The van der Waals surface area contributed by atoms with Crippen molar-refractivity contribution in [2.45, 2.75) is 52.1 Å². The van der Waals surface area contributed by atoms with E-state index >= 15 is 0 Å². The molecule has 1 aliphatic rings. The van der Waals surface area contributed by atoms with E-state index in [-0.39, 0.29) is 18.4 Å². The predicted molar refractivity (Wildman–Crippen MR) is 97.6 cm³/mol. The van der Waals surface area contributed by atoms with E-state index in [4.69, 9.17) is 0 Å². The van der Waals surface area contributed by atoms with Gasteiger partial charge in [0.2, 0.25) is 11.8 Å². The number of allylic oxidation sites excluding steroid dienone is 1. The third-order valence-corrected chi connectivity index (χ3v) is 5.14. The van der Waals surface area contributed by atoms with E-state index in [0.717, 1.165) is 0 Å². The van der Waals surface area contributed by atoms with Crippen molar-refractivity contribution in [3.05, 3.63) is 24.5 Å². The van der Waals surface area contributed by atoms with Crippen LogP contribution < -0.4 is 5.32 Å². The second-order valence-electron chi connectivity index (χ2n) is 7.01. The number of rotatable bonds is 8. The van der Waals surface area contributed by atoms with Gasteiger partial charge in [0.05, 0.1) is 18.2 Å². The molecule has 0 bridgehead atoms. The van der Waals surface area contributed by atoms with Gasteiger partial charge in [0.25, 0.3) is 0 Å². The minimum Gasteiger partial charge on any atom is -0.481 e. The molecule has 0 aromatic carbocycles. The molecular formula is C18H27N5O4. The number of hydrogen-bond donors (Lipinski definition) is 2. The predicted octanol–water partition coefficient (Wildman–Crippen LogP) is 1.13. The number of piperidine rings is 1. The van der Waals surface area contributed by atoms with Crippen molar-refractivity contribution in [3.63, 3.8) is 0 Å². The standard InChI is InChI=1S/C18H27N5O4/c1-4-5-6-18(17(26)27)7-9-22(10-8-18)16(25)13(2)23-12-15(20-21-23)11-19-14(3)24/h4,12-13H,1,5-11H2,2-3H3,(H,19,24)(H,26,27)/t13-/m0/s1. The maximum atomic E-state index is 12.8. The summed E-state index contributed by atoms with van der Waals surface area (Å²) in [5, 5.41) is 20.2. The molecule has 2 amide bonds. The Kier molecular flexibility index (Phi) is 6.70. The lowest BCUT2D eigenvalue weighted by Crippen LogP contribution is -2.48. The highest BCUT2D eigenvalue weighted by atomic mass is 16.4. The molecule has 2 heterocycles. The minimum absolute atomic E-state index is 0.117. The van der Waals surface area contributed by atoms with E-state index in [1.807, 2.05) is 0 Å². The van der Waals surface area contributed by atoms with Crippen LogP contribution in [-0.4, -0.2) is 55.9 Å². The summed E-state index contributed by atoms with van der Waals surface area (Å²) in [5.74, 6) is -1.09. The molecule has 148 valence electrons. The van der Waals surface area contributed by atoms with Crippen LogP contribution in [-0.2, 0) is 20.9 Å². The number of carboxylic acids is 1. The van der Waals surface area contributed by atoms with Gasteiger partial charge in [-0.25, -0.2) is 4.68 Å². The fraction of sp³-hybridized carbons (Fsp3) is 0.611. The third kappa shape index (κ3) is 4.93. The van der Waals surface area contributed by atoms with Crippen LogP contribution in [0.4, 0.5) is 0 Å². The van der Waals surface area contributed by atoms with Crippen molar-refractivity contribution in [3.8, 4) is 0 Å². The summed E-state index contributed by atoms with van der Waals surface area (Å²) in [6.07, 6.45) is 5.41. The molecule has 1 atom stereocenters. The highest BCUT2D eigenvalue weighted by molar-refractivity contribution is 5.81. The lowest BCUT2D eigenvalue weighted by Gasteiger charge is -2.39. The number of nitrogens with zero attached hydrogens (tertiary/aromatic N) is 4. The monoisotopic (exact) mass is 377 g/mol. The molecule has 0 saturated carbocycles. The summed E-state index contributed by atoms with van der Waals surface area (Å²) in [4.78, 5) is 37.2. The second kappa shape index (κ2) is 8.79. The Labute approximate surface area is 158 Å². The van der Waals surface area contributed by atoms with Crippen LogP contribution in [0.15, 0.2) is 18.9 Å². The number of carboxylic acid groups (broad SMARTS) is 1. The average Bonchev–Trinajstić information content (AvgIpc) is 3.12. The maximum absolute atomic E-state index is 12.8. The van der Waals surface area contributed by atoms with Gasteiger partial charge < -0.3 is 15.3 Å². The van der Waals surface area contributed by atoms with Crippen LogP contribution in [0.2, 0.25) is 0 Å². The fourth-order valence-electron chi connectivity index (χ4n) is 3.28. The molecule has 1 aromatic rings. The molecule has 1 aromatic heterocycles. The van der Waals surface area contributed by atoms with Crippen LogP contribution in [0.25, 0.3) is 0 Å². The SMILES string of the molecule is C=CCCC1(C(=O)O)CCN(C(=O)[C@H](C)n2cc(CNC(C)=O)nn2)CC1. The fourth-order valence-corrected chi connectivity index (χ4v) is 3.28. The lowest BCUT2D eigenvalue weighted by atomic mass is 9.75. The summed E-state index contributed by atoms with van der Waals surface area (Å²) in [7, 11) is 0. The van der Waals surface area contributed by atoms with E-state index in [9.17, 15) is 19.5 Å². The average molecular weight is 377 g/mol. The second-order valence-corrected chi connectivity index (χ2v) is 7.01. The summed E-state index contributed by atoms with van der Waals surface area (Å²) in [6.45, 7) is 7.87. The van der Waals surface area contributed by atoms with Gasteiger partial charge in [0, 0.05) is 20.0 Å². The summed E-state index contributed by atoms with van der Waals surface area (Å²) in [6, 6.07) is -0.547. The van der Waals surface area contributed by atoms with Gasteiger partial charge in [-0.2, -0.15) is 0 Å². The Hall–Kier alpha value is -2.71. The van der Waals surface area contributed by atoms with Gasteiger partial charge in [-0.05, 0) is 32.6 Å². The number of likely N-dealkylation sites (tertiary alicyclic amines) is 1. The molecule has 0 radical (unpaired) electrons. The zero-order valence-electron chi connectivity index (χ0n) is 15.8. The van der Waals surface area contributed by atoms with Crippen LogP contribution in [0.1, 0.15) is 51.3 Å². The third-order valence-electron chi connectivity index (χ3n) is 5.14. The largest absolute Gasteiger partial charge is 0.481 e. The number of aliphatic carboxylic acids is 1. The van der Waals surface area contributed by atoms with Crippen molar-refractivity contribution in [1.82, 2.24) is 25.2 Å². The van der Waals surface area contributed by atoms with Gasteiger partial charge in [0.15, 0.2) is 0 Å². The Bertz CT molecular complexity index is 706. The van der Waals surface area contributed by atoms with E-state index in [1.165, 1.54) is 11.6 Å². The molecule has 0 unspecified atom stereocenters. The van der Waals surface area contributed by atoms with Crippen molar-refractivity contribution in [1.29, 1.82) is 0 Å². The molecule has 2 N–H and O–H groups in total. The zero-order valence-corrected chi connectivity index (χ0v) is 15.8. The molecule has 1 saturated heterocycles. The van der Waals surface area contributed by atoms with Crippen LogP contribution >= 0.6 is 0 Å². The topological polar surface area (TPSA) is 117 Å². The molecular weight excluding hydrogens is 350 g/mol. The van der Waals surface area contributed by atoms with Gasteiger partial charge in [0.1, 0.15) is 11.7 Å². The Morgan fingerprint density at radius 2 is 2.07 bits per heavy atom. The summed E-state index contributed by atoms with van der Waals surface area (Å²) in [5.41, 5.74) is -0.217. The van der Waals surface area contributed by atoms with E-state index in [0.29, 0.717) is 44.5 Å². The molecule has 0 aliphatic carbocycles. The number of hydrogen-bond acceptors (Lipinski definition) is 5. The van der Waals surface area contributed by atoms with Gasteiger partial charge in [-0.15, -0.1) is 11.7 Å². The van der Waals surface area contributed by atoms with E-state index < -0.39 is 17.4 Å². The molecule has 9 nitrogen and oxygen atoms in total. The van der Waals surface area contributed by atoms with Crippen molar-refractivity contribution in [2.24, 2.45) is 5.41 Å². The number of aromatic nitrogens is 3. The van der Waals surface area contributed by atoms with Crippen LogP contribution in [0, 0.1) is 5.41 Å². The smallest absolute Gasteiger partial charge is 0.309 e. The Balaban J connectivity index is 1.97. The summed E-state index contributed by atoms with van der Waals surface area (Å²) >= 11 is 0. The molecule has 0 spiro atoms. The normalized spacial score (nSPS) is 17.2. The van der Waals surface area contributed by atoms with Crippen LogP contribution in [0.3, 0.4) is 0 Å². The van der Waals surface area contributed by atoms with Crippen molar-refractivity contribution < 1.29 is 19.5 Å². The first kappa shape index (κ1) is 20.6. The molecule has 2 rings (SSSR count). The van der Waals surface area contributed by atoms with Crippen molar-refractivity contribution >= 4 is 17.8 Å². The maximum Gasteiger partial charge on any atom is 0.309 e. The van der Waals surface area contributed by atoms with Crippen LogP contribution in [0.5, 0.6) is 0 Å². The van der Waals surface area contributed by atoms with Gasteiger partial charge in [-0.1, -0.05) is 11.3 Å². The molecule has 1 aliphatic heterocycles. The molecule has 1 fully saturated rings. The minimum atomic E-state index is -0.802. The highest BCUT2D eigenvalue weighted by Crippen LogP contribution is 2.37. The van der Waals surface area contributed by atoms with Crippen molar-refractivity contribution in [2.75, 3.05) is 13.1 Å². The van der Waals surface area contributed by atoms with E-state index in [2.05, 4.69) is 22.2 Å². The number of nitrogens with one attached hydrogen (secondary N) is 1. The quantitative estimate of drug-likeness (QED) is 0.656. The van der Waals surface area contributed by atoms with Gasteiger partial charge >= 0.3 is 5.97 Å². The first-order chi connectivity index (χ1) is 12.8. The first-order valence-corrected chi connectivity index (χ1v) is 9.07. The number of carbonyl (C=O) groups excluding carboxylic acids is 2. The molecule has 27 heavy (non-hydrogen) atoms. The lowest BCUT2D eigenvalue weighted by molar-refractivity contribution is -0.155.